The van der Waals surface area contributed by atoms with Crippen LogP contribution < -0.4 is 15.5 Å². The molecule has 1 aromatic rings. The molecule has 0 spiro atoms. The number of amides is 2. The number of piperidine rings is 1. The molecule has 3 rings (SSSR count). The Morgan fingerprint density at radius 2 is 1.77 bits per heavy atom. The van der Waals surface area contributed by atoms with Gasteiger partial charge in [0.25, 0.3) is 0 Å². The van der Waals surface area contributed by atoms with Gasteiger partial charge in [0, 0.05) is 45.5 Å². The van der Waals surface area contributed by atoms with E-state index >= 15 is 0 Å². The lowest BCUT2D eigenvalue weighted by Crippen LogP contribution is -2.39. The van der Waals surface area contributed by atoms with Crippen LogP contribution in [0.1, 0.15) is 64.4 Å². The minimum Gasteiger partial charge on any atom is -0.357 e. The lowest BCUT2D eigenvalue weighted by molar-refractivity contribution is 0.139. The third-order valence-corrected chi connectivity index (χ3v) is 6.32. The Hall–Kier alpha value is -1.82. The number of carbonyl (C=O) groups is 1. The van der Waals surface area contributed by atoms with Crippen LogP contribution in [0.5, 0.6) is 0 Å². The van der Waals surface area contributed by atoms with Gasteiger partial charge in [0.15, 0.2) is 0 Å². The maximum Gasteiger partial charge on any atom is 0.315 e. The summed E-state index contributed by atoms with van der Waals surface area (Å²) in [6.07, 6.45) is 10.6. The molecule has 6 nitrogen and oxygen atoms in total. The highest BCUT2D eigenvalue weighted by Gasteiger charge is 2.20. The van der Waals surface area contributed by atoms with E-state index in [1.165, 1.54) is 45.2 Å². The van der Waals surface area contributed by atoms with Crippen molar-refractivity contribution in [2.45, 2.75) is 65.3 Å². The Morgan fingerprint density at radius 3 is 2.43 bits per heavy atom. The predicted molar refractivity (Wildman–Crippen MR) is 124 cm³/mol. The van der Waals surface area contributed by atoms with Gasteiger partial charge in [-0.2, -0.15) is 0 Å². The summed E-state index contributed by atoms with van der Waals surface area (Å²) < 4.78 is 0. The molecule has 3 heterocycles. The molecule has 2 atom stereocenters. The number of aromatic nitrogens is 1. The van der Waals surface area contributed by atoms with E-state index in [1.807, 2.05) is 6.20 Å². The molecule has 30 heavy (non-hydrogen) atoms. The number of urea groups is 1. The average molecular weight is 416 g/mol. The Labute approximate surface area is 182 Å². The van der Waals surface area contributed by atoms with Gasteiger partial charge in [-0.05, 0) is 62.1 Å². The molecule has 2 N–H and O–H groups in total. The molecule has 0 saturated carbocycles. The summed E-state index contributed by atoms with van der Waals surface area (Å²) >= 11 is 0. The third-order valence-electron chi connectivity index (χ3n) is 6.32. The molecule has 2 fully saturated rings. The van der Waals surface area contributed by atoms with Crippen LogP contribution >= 0.6 is 0 Å². The number of likely N-dealkylation sites (tertiary alicyclic amines) is 1. The van der Waals surface area contributed by atoms with Gasteiger partial charge in [0.05, 0.1) is 0 Å². The maximum absolute atomic E-state index is 12.1. The summed E-state index contributed by atoms with van der Waals surface area (Å²) in [6, 6.07) is 4.07. The second-order valence-corrected chi connectivity index (χ2v) is 9.45. The average Bonchev–Trinajstić information content (AvgIpc) is 3.01. The fourth-order valence-corrected chi connectivity index (χ4v) is 4.89. The first-order chi connectivity index (χ1) is 14.6. The Kier molecular flexibility index (Phi) is 9.25. The Balaban J connectivity index is 1.27. The highest BCUT2D eigenvalue weighted by Crippen LogP contribution is 2.21. The molecule has 2 amide bonds. The number of hydrogen-bond donors (Lipinski definition) is 2. The quantitative estimate of drug-likeness (QED) is 0.630. The van der Waals surface area contributed by atoms with Crippen molar-refractivity contribution in [2.75, 3.05) is 44.2 Å². The first-order valence-corrected chi connectivity index (χ1v) is 12.0. The minimum absolute atomic E-state index is 0.0909. The molecule has 0 bridgehead atoms. The van der Waals surface area contributed by atoms with Crippen molar-refractivity contribution in [1.29, 1.82) is 0 Å². The number of anilines is 1. The van der Waals surface area contributed by atoms with Gasteiger partial charge in [-0.25, -0.2) is 9.78 Å². The molecule has 2 aliphatic heterocycles. The van der Waals surface area contributed by atoms with Gasteiger partial charge >= 0.3 is 6.03 Å². The van der Waals surface area contributed by atoms with Gasteiger partial charge in [-0.1, -0.05) is 32.8 Å². The van der Waals surface area contributed by atoms with E-state index in [2.05, 4.69) is 51.4 Å². The number of carbonyl (C=O) groups excluding carboxylic acids is 1. The number of pyridine rings is 1. The van der Waals surface area contributed by atoms with Crippen molar-refractivity contribution >= 4 is 11.8 Å². The third kappa shape index (κ3) is 7.78. The van der Waals surface area contributed by atoms with Gasteiger partial charge in [0.1, 0.15) is 5.82 Å². The molecule has 0 aromatic carbocycles. The van der Waals surface area contributed by atoms with E-state index in [4.69, 9.17) is 0 Å². The van der Waals surface area contributed by atoms with Crippen LogP contribution in [-0.4, -0.2) is 55.2 Å². The highest BCUT2D eigenvalue weighted by atomic mass is 16.2. The molecule has 168 valence electrons. The van der Waals surface area contributed by atoms with E-state index in [9.17, 15) is 4.79 Å². The van der Waals surface area contributed by atoms with Gasteiger partial charge < -0.3 is 20.4 Å². The molecular weight excluding hydrogens is 374 g/mol. The zero-order valence-corrected chi connectivity index (χ0v) is 19.0. The molecular formula is C24H41N5O. The lowest BCUT2D eigenvalue weighted by Gasteiger charge is -2.34. The van der Waals surface area contributed by atoms with Crippen molar-refractivity contribution in [1.82, 2.24) is 20.5 Å². The Bertz CT molecular complexity index is 617. The smallest absolute Gasteiger partial charge is 0.315 e. The first-order valence-electron chi connectivity index (χ1n) is 12.0. The van der Waals surface area contributed by atoms with Crippen LogP contribution in [0, 0.1) is 11.8 Å². The monoisotopic (exact) mass is 415 g/mol. The molecule has 1 aromatic heterocycles. The zero-order chi connectivity index (χ0) is 21.2. The second kappa shape index (κ2) is 12.1. The normalized spacial score (nSPS) is 23.1. The molecule has 2 saturated heterocycles. The van der Waals surface area contributed by atoms with Crippen LogP contribution in [0.15, 0.2) is 18.3 Å². The fraction of sp³-hybridized carbons (Fsp3) is 0.750. The molecule has 2 unspecified atom stereocenters. The SMILES string of the molecule is CC1CC(C)CN(CCCCNC(=O)NCc2ccc(N3CCCCCC3)nc2)C1. The summed E-state index contributed by atoms with van der Waals surface area (Å²) in [6.45, 7) is 11.8. The van der Waals surface area contributed by atoms with Gasteiger partial charge in [-0.3, -0.25) is 0 Å². The number of nitrogens with zero attached hydrogens (tertiary/aromatic N) is 3. The van der Waals surface area contributed by atoms with E-state index in [-0.39, 0.29) is 6.03 Å². The zero-order valence-electron chi connectivity index (χ0n) is 19.0. The van der Waals surface area contributed by atoms with E-state index < -0.39 is 0 Å². The van der Waals surface area contributed by atoms with E-state index in [0.717, 1.165) is 62.2 Å². The number of hydrogen-bond acceptors (Lipinski definition) is 4. The van der Waals surface area contributed by atoms with Crippen LogP contribution in [0.2, 0.25) is 0 Å². The van der Waals surface area contributed by atoms with Crippen molar-refractivity contribution in [3.8, 4) is 0 Å². The van der Waals surface area contributed by atoms with Crippen LogP contribution in [0.4, 0.5) is 10.6 Å². The van der Waals surface area contributed by atoms with Crippen LogP contribution in [0.25, 0.3) is 0 Å². The lowest BCUT2D eigenvalue weighted by atomic mass is 9.92. The fourth-order valence-electron chi connectivity index (χ4n) is 4.89. The largest absolute Gasteiger partial charge is 0.357 e. The molecule has 2 aliphatic rings. The van der Waals surface area contributed by atoms with Crippen LogP contribution in [0.3, 0.4) is 0 Å². The van der Waals surface area contributed by atoms with E-state index in [1.54, 1.807) is 0 Å². The topological polar surface area (TPSA) is 60.5 Å². The van der Waals surface area contributed by atoms with Crippen molar-refractivity contribution < 1.29 is 4.79 Å². The molecule has 6 heteroatoms. The summed E-state index contributed by atoms with van der Waals surface area (Å²) in [5.74, 6) is 2.68. The van der Waals surface area contributed by atoms with Crippen LogP contribution in [-0.2, 0) is 6.54 Å². The summed E-state index contributed by atoms with van der Waals surface area (Å²) in [5, 5.41) is 5.93. The van der Waals surface area contributed by atoms with Gasteiger partial charge in [-0.15, -0.1) is 0 Å². The Morgan fingerprint density at radius 1 is 1.03 bits per heavy atom. The van der Waals surface area contributed by atoms with Crippen molar-refractivity contribution in [2.24, 2.45) is 11.8 Å². The number of unbranched alkanes of at least 4 members (excludes halogenated alkanes) is 1. The number of nitrogens with one attached hydrogen (secondary N) is 2. The molecule has 0 radical (unpaired) electrons. The second-order valence-electron chi connectivity index (χ2n) is 9.45. The minimum atomic E-state index is -0.0909. The summed E-state index contributed by atoms with van der Waals surface area (Å²) in [5.41, 5.74) is 1.04. The summed E-state index contributed by atoms with van der Waals surface area (Å²) in [4.78, 5) is 21.6. The first kappa shape index (κ1) is 22.9. The standard InChI is InChI=1S/C24H41N5O/c1-20-15-21(2)19-28(18-20)12-8-5-11-25-24(30)27-17-22-9-10-23(26-16-22)29-13-6-3-4-7-14-29/h9-10,16,20-21H,3-8,11-15,17-19H2,1-2H3,(H2,25,27,30). The van der Waals surface area contributed by atoms with Crippen molar-refractivity contribution in [3.05, 3.63) is 23.9 Å². The maximum atomic E-state index is 12.1. The predicted octanol–water partition coefficient (Wildman–Crippen LogP) is 4.02. The molecule has 0 aliphatic carbocycles. The summed E-state index contributed by atoms with van der Waals surface area (Å²) in [7, 11) is 0. The highest BCUT2D eigenvalue weighted by molar-refractivity contribution is 5.73. The van der Waals surface area contributed by atoms with Gasteiger partial charge in [0.2, 0.25) is 0 Å². The number of rotatable bonds is 8. The van der Waals surface area contributed by atoms with Crippen molar-refractivity contribution in [3.63, 3.8) is 0 Å². The van der Waals surface area contributed by atoms with E-state index in [0.29, 0.717) is 6.54 Å².